The Balaban J connectivity index is 2.28. The van der Waals surface area contributed by atoms with Crippen molar-refractivity contribution in [3.8, 4) is 0 Å². The second-order valence-corrected chi connectivity index (χ2v) is 4.23. The number of methoxy groups -OCH3 is 1. The molecule has 0 radical (unpaired) electrons. The van der Waals surface area contributed by atoms with E-state index < -0.39 is 0 Å². The Morgan fingerprint density at radius 3 is 3.12 bits per heavy atom. The molecule has 1 aliphatic heterocycles. The molecule has 17 heavy (non-hydrogen) atoms. The monoisotopic (exact) mass is 234 g/mol. The normalized spacial score (nSPS) is 14.2. The minimum atomic E-state index is -0.0144. The van der Waals surface area contributed by atoms with Crippen LogP contribution < -0.4 is 10.2 Å². The summed E-state index contributed by atoms with van der Waals surface area (Å²) in [6.45, 7) is 1.98. The van der Waals surface area contributed by atoms with Crippen LogP contribution in [-0.4, -0.2) is 33.2 Å². The first-order valence-electron chi connectivity index (χ1n) is 5.81. The van der Waals surface area contributed by atoms with Gasteiger partial charge in [0.05, 0.1) is 0 Å². The summed E-state index contributed by atoms with van der Waals surface area (Å²) in [7, 11) is 3.34. The molecule has 4 heteroatoms. The second-order valence-electron chi connectivity index (χ2n) is 4.23. The molecule has 0 spiro atoms. The van der Waals surface area contributed by atoms with Crippen LogP contribution in [0, 0.1) is 0 Å². The minimum absolute atomic E-state index is 0.0144. The molecule has 0 atom stereocenters. The van der Waals surface area contributed by atoms with Crippen molar-refractivity contribution in [2.75, 3.05) is 32.2 Å². The van der Waals surface area contributed by atoms with Gasteiger partial charge >= 0.3 is 0 Å². The van der Waals surface area contributed by atoms with Gasteiger partial charge in [0.2, 0.25) is 0 Å². The van der Waals surface area contributed by atoms with E-state index >= 15 is 0 Å². The number of rotatable bonds is 3. The van der Waals surface area contributed by atoms with Gasteiger partial charge in [0.25, 0.3) is 5.91 Å². The lowest BCUT2D eigenvalue weighted by Crippen LogP contribution is -2.32. The predicted molar refractivity (Wildman–Crippen MR) is 67.1 cm³/mol. The SMILES string of the molecule is COCC(=O)N(C)c1cccc2c1CCNC2. The van der Waals surface area contributed by atoms with Crippen molar-refractivity contribution in [3.63, 3.8) is 0 Å². The van der Waals surface area contributed by atoms with Crippen molar-refractivity contribution in [2.45, 2.75) is 13.0 Å². The molecule has 0 saturated heterocycles. The molecule has 0 aliphatic carbocycles. The van der Waals surface area contributed by atoms with Gasteiger partial charge in [-0.3, -0.25) is 4.79 Å². The van der Waals surface area contributed by atoms with Gasteiger partial charge in [-0.15, -0.1) is 0 Å². The Kier molecular flexibility index (Phi) is 3.76. The zero-order valence-corrected chi connectivity index (χ0v) is 10.3. The first-order chi connectivity index (χ1) is 8.24. The number of carbonyl (C=O) groups excluding carboxylic acids is 1. The van der Waals surface area contributed by atoms with E-state index in [1.807, 2.05) is 12.1 Å². The summed E-state index contributed by atoms with van der Waals surface area (Å²) in [6, 6.07) is 6.11. The molecule has 1 aromatic carbocycles. The summed E-state index contributed by atoms with van der Waals surface area (Å²) < 4.78 is 4.89. The van der Waals surface area contributed by atoms with Gasteiger partial charge in [-0.25, -0.2) is 0 Å². The molecule has 1 aliphatic rings. The van der Waals surface area contributed by atoms with E-state index in [1.165, 1.54) is 18.2 Å². The van der Waals surface area contributed by atoms with Crippen LogP contribution >= 0.6 is 0 Å². The number of ether oxygens (including phenoxy) is 1. The standard InChI is InChI=1S/C13H18N2O2/c1-15(13(16)9-17-2)12-5-3-4-10-8-14-7-6-11(10)12/h3-5,14H,6-9H2,1-2H3. The number of anilines is 1. The summed E-state index contributed by atoms with van der Waals surface area (Å²) in [5.41, 5.74) is 3.56. The highest BCUT2D eigenvalue weighted by atomic mass is 16.5. The average Bonchev–Trinajstić information content (AvgIpc) is 2.37. The summed E-state index contributed by atoms with van der Waals surface area (Å²) in [5.74, 6) is -0.0144. The third-order valence-corrected chi connectivity index (χ3v) is 3.12. The van der Waals surface area contributed by atoms with Crippen LogP contribution in [0.5, 0.6) is 0 Å². The molecule has 2 rings (SSSR count). The molecule has 0 saturated carbocycles. The van der Waals surface area contributed by atoms with Crippen molar-refractivity contribution in [3.05, 3.63) is 29.3 Å². The number of likely N-dealkylation sites (N-methyl/N-ethyl adjacent to an activating group) is 1. The van der Waals surface area contributed by atoms with Crippen molar-refractivity contribution in [2.24, 2.45) is 0 Å². The first kappa shape index (κ1) is 12.1. The highest BCUT2D eigenvalue weighted by Gasteiger charge is 2.18. The van der Waals surface area contributed by atoms with Crippen LogP contribution in [0.4, 0.5) is 5.69 Å². The topological polar surface area (TPSA) is 41.6 Å². The third-order valence-electron chi connectivity index (χ3n) is 3.12. The molecule has 0 unspecified atom stereocenters. The largest absolute Gasteiger partial charge is 0.375 e. The zero-order chi connectivity index (χ0) is 12.3. The van der Waals surface area contributed by atoms with Gasteiger partial charge in [-0.2, -0.15) is 0 Å². The molecule has 1 heterocycles. The summed E-state index contributed by atoms with van der Waals surface area (Å²) in [5, 5.41) is 3.33. The molecule has 0 fully saturated rings. The highest BCUT2D eigenvalue weighted by Crippen LogP contribution is 2.25. The van der Waals surface area contributed by atoms with Crippen LogP contribution in [0.3, 0.4) is 0 Å². The molecule has 1 N–H and O–H groups in total. The Morgan fingerprint density at radius 2 is 2.35 bits per heavy atom. The molecule has 1 amide bonds. The summed E-state index contributed by atoms with van der Waals surface area (Å²) in [6.07, 6.45) is 0.968. The lowest BCUT2D eigenvalue weighted by Gasteiger charge is -2.25. The smallest absolute Gasteiger partial charge is 0.252 e. The molecular formula is C13H18N2O2. The van der Waals surface area contributed by atoms with Crippen molar-refractivity contribution in [1.29, 1.82) is 0 Å². The van der Waals surface area contributed by atoms with E-state index in [9.17, 15) is 4.79 Å². The highest BCUT2D eigenvalue weighted by molar-refractivity contribution is 5.94. The van der Waals surface area contributed by atoms with E-state index in [1.54, 1.807) is 11.9 Å². The van der Waals surface area contributed by atoms with E-state index in [-0.39, 0.29) is 12.5 Å². The number of nitrogens with one attached hydrogen (secondary N) is 1. The molecular weight excluding hydrogens is 216 g/mol. The van der Waals surface area contributed by atoms with Crippen molar-refractivity contribution in [1.82, 2.24) is 5.32 Å². The summed E-state index contributed by atoms with van der Waals surface area (Å²) in [4.78, 5) is 13.5. The zero-order valence-electron chi connectivity index (χ0n) is 10.3. The lowest BCUT2D eigenvalue weighted by molar-refractivity contribution is -0.121. The predicted octanol–water partition coefficient (Wildman–Crippen LogP) is 0.942. The van der Waals surface area contributed by atoms with Crippen LogP contribution in [0.1, 0.15) is 11.1 Å². The third kappa shape index (κ3) is 2.48. The van der Waals surface area contributed by atoms with E-state index in [0.29, 0.717) is 0 Å². The van der Waals surface area contributed by atoms with E-state index in [0.717, 1.165) is 25.2 Å². The molecule has 0 aromatic heterocycles. The number of fused-ring (bicyclic) bond motifs is 1. The maximum atomic E-state index is 11.8. The van der Waals surface area contributed by atoms with Gasteiger partial charge in [-0.1, -0.05) is 12.1 Å². The average molecular weight is 234 g/mol. The fraction of sp³-hybridized carbons (Fsp3) is 0.462. The molecule has 0 bridgehead atoms. The van der Waals surface area contributed by atoms with Gasteiger partial charge < -0.3 is 15.0 Å². The fourth-order valence-corrected chi connectivity index (χ4v) is 2.18. The first-order valence-corrected chi connectivity index (χ1v) is 5.81. The lowest BCUT2D eigenvalue weighted by atomic mass is 9.98. The fourth-order valence-electron chi connectivity index (χ4n) is 2.18. The number of hydrogen-bond donors (Lipinski definition) is 1. The van der Waals surface area contributed by atoms with Crippen molar-refractivity contribution < 1.29 is 9.53 Å². The minimum Gasteiger partial charge on any atom is -0.375 e. The Hall–Kier alpha value is -1.39. The van der Waals surface area contributed by atoms with E-state index in [4.69, 9.17) is 4.74 Å². The van der Waals surface area contributed by atoms with Crippen LogP contribution in [-0.2, 0) is 22.5 Å². The number of benzene rings is 1. The van der Waals surface area contributed by atoms with Gasteiger partial charge in [0.15, 0.2) is 0 Å². The van der Waals surface area contributed by atoms with Gasteiger partial charge in [-0.05, 0) is 30.2 Å². The number of carbonyl (C=O) groups is 1. The number of hydrogen-bond acceptors (Lipinski definition) is 3. The molecule has 4 nitrogen and oxygen atoms in total. The quantitative estimate of drug-likeness (QED) is 0.846. The Labute approximate surface area is 102 Å². The maximum Gasteiger partial charge on any atom is 0.252 e. The second kappa shape index (κ2) is 5.29. The van der Waals surface area contributed by atoms with Crippen LogP contribution in [0.15, 0.2) is 18.2 Å². The molecule has 92 valence electrons. The number of amides is 1. The van der Waals surface area contributed by atoms with Gasteiger partial charge in [0, 0.05) is 26.4 Å². The maximum absolute atomic E-state index is 11.8. The van der Waals surface area contributed by atoms with E-state index in [2.05, 4.69) is 11.4 Å². The van der Waals surface area contributed by atoms with Crippen LogP contribution in [0.2, 0.25) is 0 Å². The Bertz CT molecular complexity index is 418. The number of nitrogens with zero attached hydrogens (tertiary/aromatic N) is 1. The Morgan fingerprint density at radius 1 is 1.53 bits per heavy atom. The van der Waals surface area contributed by atoms with Gasteiger partial charge in [0.1, 0.15) is 6.61 Å². The molecule has 1 aromatic rings. The van der Waals surface area contributed by atoms with Crippen molar-refractivity contribution >= 4 is 11.6 Å². The summed E-state index contributed by atoms with van der Waals surface area (Å²) >= 11 is 0. The van der Waals surface area contributed by atoms with Crippen LogP contribution in [0.25, 0.3) is 0 Å².